The molecule has 0 fully saturated rings. The summed E-state index contributed by atoms with van der Waals surface area (Å²) in [6.07, 6.45) is 0.382. The number of amides is 3. The number of ether oxygens (including phenoxy) is 1. The number of rotatable bonds is 8. The highest BCUT2D eigenvalue weighted by Crippen LogP contribution is 2.06. The Labute approximate surface area is 141 Å². The van der Waals surface area contributed by atoms with Gasteiger partial charge in [-0.3, -0.25) is 4.79 Å². The van der Waals surface area contributed by atoms with E-state index in [1.54, 1.807) is 0 Å². The minimum absolute atomic E-state index is 0.157. The number of benzene rings is 1. The van der Waals surface area contributed by atoms with Crippen LogP contribution < -0.4 is 16.4 Å². The van der Waals surface area contributed by atoms with Gasteiger partial charge in [-0.2, -0.15) is 0 Å². The van der Waals surface area contributed by atoms with Crippen LogP contribution in [-0.4, -0.2) is 30.6 Å². The van der Waals surface area contributed by atoms with E-state index in [1.807, 2.05) is 45.0 Å². The molecule has 0 bridgehead atoms. The van der Waals surface area contributed by atoms with Gasteiger partial charge in [-0.15, -0.1) is 0 Å². The van der Waals surface area contributed by atoms with E-state index in [1.165, 1.54) is 0 Å². The normalized spacial score (nSPS) is 11.7. The molecule has 0 aliphatic carbocycles. The van der Waals surface area contributed by atoms with E-state index in [-0.39, 0.29) is 5.92 Å². The van der Waals surface area contributed by atoms with Crippen LogP contribution in [0.25, 0.3) is 0 Å². The highest BCUT2D eigenvalue weighted by molar-refractivity contribution is 5.85. The molecule has 0 saturated carbocycles. The minimum Gasteiger partial charge on any atom is -0.454 e. The largest absolute Gasteiger partial charge is 0.454 e. The number of hydrogen-bond donors (Lipinski definition) is 3. The van der Waals surface area contributed by atoms with Crippen LogP contribution in [0.15, 0.2) is 24.3 Å². The van der Waals surface area contributed by atoms with E-state index >= 15 is 0 Å². The van der Waals surface area contributed by atoms with Gasteiger partial charge in [-0.1, -0.05) is 43.7 Å². The molecule has 1 aromatic carbocycles. The van der Waals surface area contributed by atoms with Crippen LogP contribution in [0.3, 0.4) is 0 Å². The fraction of sp³-hybridized carbons (Fsp3) is 0.471. The average molecular weight is 335 g/mol. The number of primary amides is 1. The molecule has 0 spiro atoms. The Morgan fingerprint density at radius 3 is 2.33 bits per heavy atom. The van der Waals surface area contributed by atoms with Crippen LogP contribution >= 0.6 is 0 Å². The van der Waals surface area contributed by atoms with Gasteiger partial charge in [0.05, 0.1) is 0 Å². The van der Waals surface area contributed by atoms with Gasteiger partial charge in [0.1, 0.15) is 6.04 Å². The second kappa shape index (κ2) is 9.54. The van der Waals surface area contributed by atoms with Gasteiger partial charge in [0.2, 0.25) is 0 Å². The first-order valence-electron chi connectivity index (χ1n) is 7.82. The zero-order valence-electron chi connectivity index (χ0n) is 14.3. The third kappa shape index (κ3) is 7.62. The number of aryl methyl sites for hydroxylation is 1. The highest BCUT2D eigenvalue weighted by atomic mass is 16.5. The number of nitrogens with one attached hydrogen (secondary N) is 2. The molecular formula is C17H25N3O4. The van der Waals surface area contributed by atoms with Crippen LogP contribution in [0.1, 0.15) is 31.4 Å². The summed E-state index contributed by atoms with van der Waals surface area (Å²) in [5, 5.41) is 5.00. The first-order chi connectivity index (χ1) is 11.3. The Kier molecular flexibility index (Phi) is 7.74. The molecule has 0 saturated heterocycles. The molecule has 0 radical (unpaired) electrons. The summed E-state index contributed by atoms with van der Waals surface area (Å²) < 4.78 is 4.95. The first-order valence-corrected chi connectivity index (χ1v) is 7.82. The predicted octanol–water partition coefficient (Wildman–Crippen LogP) is 1.24. The number of esters is 1. The summed E-state index contributed by atoms with van der Waals surface area (Å²) in [5.41, 5.74) is 7.14. The van der Waals surface area contributed by atoms with Gasteiger partial charge >= 0.3 is 12.0 Å². The van der Waals surface area contributed by atoms with E-state index in [2.05, 4.69) is 10.6 Å². The van der Waals surface area contributed by atoms with E-state index in [0.29, 0.717) is 13.0 Å². The molecular weight excluding hydrogens is 310 g/mol. The Bertz CT molecular complexity index is 570. The summed E-state index contributed by atoms with van der Waals surface area (Å²) in [6, 6.07) is 6.07. The lowest BCUT2D eigenvalue weighted by atomic mass is 10.0. The van der Waals surface area contributed by atoms with Crippen LogP contribution in [0.5, 0.6) is 0 Å². The zero-order chi connectivity index (χ0) is 18.1. The van der Waals surface area contributed by atoms with E-state index < -0.39 is 30.6 Å². The molecule has 7 heteroatoms. The standard InChI is InChI=1S/C17H25N3O4/c1-11(2)8-14(20-17(18)23)16(22)24-10-15(21)19-9-13-6-4-12(3)5-7-13/h4-7,11,14H,8-10H2,1-3H3,(H,19,21)(H3,18,20,23). The molecule has 0 aliphatic rings. The second-order valence-corrected chi connectivity index (χ2v) is 6.06. The minimum atomic E-state index is -0.854. The van der Waals surface area contributed by atoms with Crippen LogP contribution in [0.2, 0.25) is 0 Å². The molecule has 0 aliphatic heterocycles. The molecule has 24 heavy (non-hydrogen) atoms. The Morgan fingerprint density at radius 2 is 1.79 bits per heavy atom. The topological polar surface area (TPSA) is 111 Å². The Morgan fingerprint density at radius 1 is 1.17 bits per heavy atom. The molecule has 4 N–H and O–H groups in total. The zero-order valence-corrected chi connectivity index (χ0v) is 14.3. The van der Waals surface area contributed by atoms with E-state index in [9.17, 15) is 14.4 Å². The number of hydrogen-bond acceptors (Lipinski definition) is 4. The smallest absolute Gasteiger partial charge is 0.329 e. The average Bonchev–Trinajstić information content (AvgIpc) is 2.50. The predicted molar refractivity (Wildman–Crippen MR) is 89.9 cm³/mol. The Balaban J connectivity index is 2.41. The van der Waals surface area contributed by atoms with Gasteiger partial charge < -0.3 is 21.1 Å². The first kappa shape index (κ1) is 19.5. The van der Waals surface area contributed by atoms with Crippen molar-refractivity contribution in [3.05, 3.63) is 35.4 Å². The van der Waals surface area contributed by atoms with E-state index in [4.69, 9.17) is 10.5 Å². The quantitative estimate of drug-likeness (QED) is 0.621. The summed E-state index contributed by atoms with van der Waals surface area (Å²) >= 11 is 0. The Hall–Kier alpha value is -2.57. The fourth-order valence-electron chi connectivity index (χ4n) is 2.05. The maximum atomic E-state index is 12.0. The van der Waals surface area contributed by atoms with Crippen molar-refractivity contribution in [3.8, 4) is 0 Å². The highest BCUT2D eigenvalue weighted by Gasteiger charge is 2.23. The molecule has 0 aromatic heterocycles. The van der Waals surface area contributed by atoms with Crippen LogP contribution in [0.4, 0.5) is 4.79 Å². The van der Waals surface area contributed by atoms with Gasteiger partial charge in [0, 0.05) is 6.54 Å². The van der Waals surface area contributed by atoms with E-state index in [0.717, 1.165) is 11.1 Å². The van der Waals surface area contributed by atoms with Crippen molar-refractivity contribution in [2.24, 2.45) is 11.7 Å². The monoisotopic (exact) mass is 335 g/mol. The molecule has 1 rings (SSSR count). The number of nitrogens with two attached hydrogens (primary N) is 1. The van der Waals surface area contributed by atoms with Crippen molar-refractivity contribution in [1.29, 1.82) is 0 Å². The fourth-order valence-corrected chi connectivity index (χ4v) is 2.05. The van der Waals surface area contributed by atoms with Gasteiger partial charge in [0.25, 0.3) is 5.91 Å². The maximum Gasteiger partial charge on any atom is 0.329 e. The summed E-state index contributed by atoms with van der Waals surface area (Å²) in [5.74, 6) is -0.927. The number of carbonyl (C=O) groups is 3. The van der Waals surface area contributed by atoms with Gasteiger partial charge in [0.15, 0.2) is 6.61 Å². The molecule has 7 nitrogen and oxygen atoms in total. The number of urea groups is 1. The van der Waals surface area contributed by atoms with Crippen LogP contribution in [0, 0.1) is 12.8 Å². The molecule has 0 heterocycles. The third-order valence-electron chi connectivity index (χ3n) is 3.26. The van der Waals surface area contributed by atoms with Crippen molar-refractivity contribution in [1.82, 2.24) is 10.6 Å². The lowest BCUT2D eigenvalue weighted by Crippen LogP contribution is -2.45. The summed E-state index contributed by atoms with van der Waals surface area (Å²) in [6.45, 7) is 5.73. The van der Waals surface area contributed by atoms with Crippen molar-refractivity contribution < 1.29 is 19.1 Å². The molecule has 1 atom stereocenters. The third-order valence-corrected chi connectivity index (χ3v) is 3.26. The van der Waals surface area contributed by atoms with Crippen molar-refractivity contribution in [2.45, 2.75) is 39.8 Å². The van der Waals surface area contributed by atoms with Gasteiger partial charge in [-0.25, -0.2) is 9.59 Å². The molecule has 132 valence electrons. The molecule has 1 aromatic rings. The maximum absolute atomic E-state index is 12.0. The van der Waals surface area contributed by atoms with Crippen molar-refractivity contribution in [3.63, 3.8) is 0 Å². The van der Waals surface area contributed by atoms with Crippen molar-refractivity contribution >= 4 is 17.9 Å². The van der Waals surface area contributed by atoms with Crippen molar-refractivity contribution in [2.75, 3.05) is 6.61 Å². The summed E-state index contributed by atoms with van der Waals surface area (Å²) in [4.78, 5) is 34.7. The van der Waals surface area contributed by atoms with Gasteiger partial charge in [-0.05, 0) is 24.8 Å². The lowest BCUT2D eigenvalue weighted by Gasteiger charge is -2.18. The SMILES string of the molecule is Cc1ccc(CNC(=O)COC(=O)C(CC(C)C)NC(N)=O)cc1. The number of carbonyl (C=O) groups excluding carboxylic acids is 3. The molecule has 1 unspecified atom stereocenters. The molecule has 3 amide bonds. The summed E-state index contributed by atoms with van der Waals surface area (Å²) in [7, 11) is 0. The lowest BCUT2D eigenvalue weighted by molar-refractivity contribution is -0.150. The second-order valence-electron chi connectivity index (χ2n) is 6.06. The van der Waals surface area contributed by atoms with Crippen LogP contribution in [-0.2, 0) is 20.9 Å².